The predicted octanol–water partition coefficient (Wildman–Crippen LogP) is 7.14. The molecule has 1 unspecified atom stereocenters. The molecule has 3 aromatic carbocycles. The molecule has 0 amide bonds. The molecular formula is C29H19N. The minimum atomic E-state index is 0.370. The van der Waals surface area contributed by atoms with Crippen molar-refractivity contribution in [2.45, 2.75) is 12.3 Å². The van der Waals surface area contributed by atoms with Crippen LogP contribution in [0.3, 0.4) is 0 Å². The van der Waals surface area contributed by atoms with Crippen molar-refractivity contribution < 1.29 is 0 Å². The number of benzene rings is 3. The zero-order valence-corrected chi connectivity index (χ0v) is 16.5. The summed E-state index contributed by atoms with van der Waals surface area (Å²) >= 11 is 0. The molecule has 1 heteroatoms. The average Bonchev–Trinajstić information content (AvgIpc) is 2.82. The fourth-order valence-corrected chi connectivity index (χ4v) is 5.50. The average molecular weight is 381 g/mol. The fraction of sp³-hybridized carbons (Fsp3) is 0.0690. The number of nitrogens with zero attached hydrogens (tertiary/aromatic N) is 1. The lowest BCUT2D eigenvalue weighted by atomic mass is 9.70. The van der Waals surface area contributed by atoms with E-state index >= 15 is 0 Å². The standard InChI is InChI=1S/C29H19N/c1-2-7-22-18(4-1)10-14-25-23(22)16-17-30-29(25)26-15-12-21-9-8-19-5-3-6-20-11-13-24(26)28(21)27(19)20/h1-12,14-17,27H,13H2. The molecule has 4 aromatic rings. The summed E-state index contributed by atoms with van der Waals surface area (Å²) < 4.78 is 0. The highest BCUT2D eigenvalue weighted by molar-refractivity contribution is 6.11. The Morgan fingerprint density at radius 2 is 1.73 bits per heavy atom. The summed E-state index contributed by atoms with van der Waals surface area (Å²) in [5, 5.41) is 5.07. The van der Waals surface area contributed by atoms with Gasteiger partial charge in [0.05, 0.1) is 5.69 Å². The van der Waals surface area contributed by atoms with Crippen LogP contribution in [-0.4, -0.2) is 4.98 Å². The first kappa shape index (κ1) is 16.1. The minimum absolute atomic E-state index is 0.370. The van der Waals surface area contributed by atoms with Crippen LogP contribution in [0.5, 0.6) is 0 Å². The summed E-state index contributed by atoms with van der Waals surface area (Å²) in [6.45, 7) is 0. The van der Waals surface area contributed by atoms with Crippen molar-refractivity contribution in [1.29, 1.82) is 0 Å². The summed E-state index contributed by atoms with van der Waals surface area (Å²) in [5.41, 5.74) is 9.45. The molecule has 3 aliphatic carbocycles. The SMILES string of the molecule is C1=CC2=CCc3c(-c4nccc5c4ccc4ccccc45)ccc4c3C2C(=C1)C=C4. The van der Waals surface area contributed by atoms with Gasteiger partial charge in [-0.1, -0.05) is 85.0 Å². The molecule has 0 saturated carbocycles. The summed E-state index contributed by atoms with van der Waals surface area (Å²) in [6, 6.07) is 19.8. The second-order valence-electron chi connectivity index (χ2n) is 8.34. The molecular weight excluding hydrogens is 362 g/mol. The highest BCUT2D eigenvalue weighted by Gasteiger charge is 2.31. The maximum Gasteiger partial charge on any atom is 0.0783 e. The maximum atomic E-state index is 4.90. The zero-order chi connectivity index (χ0) is 19.7. The first-order chi connectivity index (χ1) is 14.9. The van der Waals surface area contributed by atoms with Crippen LogP contribution in [0.15, 0.2) is 102 Å². The Hall–Kier alpha value is -3.71. The molecule has 0 saturated heterocycles. The normalized spacial score (nSPS) is 18.3. The van der Waals surface area contributed by atoms with Gasteiger partial charge in [0.1, 0.15) is 0 Å². The molecule has 0 N–H and O–H groups in total. The third-order valence-corrected chi connectivity index (χ3v) is 6.85. The lowest BCUT2D eigenvalue weighted by Gasteiger charge is -2.34. The van der Waals surface area contributed by atoms with Crippen molar-refractivity contribution in [2.24, 2.45) is 0 Å². The van der Waals surface area contributed by atoms with E-state index in [1.807, 2.05) is 6.20 Å². The lowest BCUT2D eigenvalue weighted by molar-refractivity contribution is 0.893. The van der Waals surface area contributed by atoms with Crippen molar-refractivity contribution in [3.63, 3.8) is 0 Å². The summed E-state index contributed by atoms with van der Waals surface area (Å²) in [4.78, 5) is 4.90. The Morgan fingerprint density at radius 3 is 2.73 bits per heavy atom. The summed E-state index contributed by atoms with van der Waals surface area (Å²) in [7, 11) is 0. The van der Waals surface area contributed by atoms with Crippen LogP contribution >= 0.6 is 0 Å². The predicted molar refractivity (Wildman–Crippen MR) is 125 cm³/mol. The molecule has 0 aliphatic heterocycles. The molecule has 0 spiro atoms. The number of hydrogen-bond donors (Lipinski definition) is 0. The maximum absolute atomic E-state index is 4.90. The number of aromatic nitrogens is 1. The molecule has 30 heavy (non-hydrogen) atoms. The van der Waals surface area contributed by atoms with Crippen molar-refractivity contribution in [2.75, 3.05) is 0 Å². The summed E-state index contributed by atoms with van der Waals surface area (Å²) in [6.07, 6.45) is 16.6. The van der Waals surface area contributed by atoms with Crippen molar-refractivity contribution in [1.82, 2.24) is 4.98 Å². The van der Waals surface area contributed by atoms with E-state index in [0.29, 0.717) is 5.92 Å². The Bertz CT molecular complexity index is 1510. The smallest absolute Gasteiger partial charge is 0.0783 e. The second-order valence-corrected chi connectivity index (χ2v) is 8.34. The van der Waals surface area contributed by atoms with Gasteiger partial charge in [0.15, 0.2) is 0 Å². The quantitative estimate of drug-likeness (QED) is 0.319. The lowest BCUT2D eigenvalue weighted by Crippen LogP contribution is -2.18. The number of fused-ring (bicyclic) bond motifs is 3. The number of pyridine rings is 1. The largest absolute Gasteiger partial charge is 0.256 e. The minimum Gasteiger partial charge on any atom is -0.256 e. The molecule has 1 nitrogen and oxygen atoms in total. The first-order valence-electron chi connectivity index (χ1n) is 10.6. The molecule has 1 atom stereocenters. The van der Waals surface area contributed by atoms with Gasteiger partial charge in [-0.05, 0) is 56.5 Å². The molecule has 0 radical (unpaired) electrons. The topological polar surface area (TPSA) is 12.9 Å². The van der Waals surface area contributed by atoms with E-state index in [-0.39, 0.29) is 0 Å². The molecule has 0 bridgehead atoms. The molecule has 1 heterocycles. The monoisotopic (exact) mass is 381 g/mol. The fourth-order valence-electron chi connectivity index (χ4n) is 5.50. The highest BCUT2D eigenvalue weighted by atomic mass is 14.7. The van der Waals surface area contributed by atoms with Gasteiger partial charge in [0, 0.05) is 23.1 Å². The van der Waals surface area contributed by atoms with Gasteiger partial charge in [-0.3, -0.25) is 4.98 Å². The third kappa shape index (κ3) is 2.10. The van der Waals surface area contributed by atoms with E-state index in [4.69, 9.17) is 4.98 Å². The zero-order valence-electron chi connectivity index (χ0n) is 16.5. The van der Waals surface area contributed by atoms with Crippen molar-refractivity contribution >= 4 is 27.6 Å². The van der Waals surface area contributed by atoms with Gasteiger partial charge >= 0.3 is 0 Å². The molecule has 7 rings (SSSR count). The molecule has 3 aliphatic rings. The van der Waals surface area contributed by atoms with Gasteiger partial charge in [-0.2, -0.15) is 0 Å². The molecule has 0 fully saturated rings. The van der Waals surface area contributed by atoms with E-state index in [2.05, 4.69) is 91.1 Å². The van der Waals surface area contributed by atoms with E-state index < -0.39 is 0 Å². The van der Waals surface area contributed by atoms with E-state index in [0.717, 1.165) is 12.1 Å². The van der Waals surface area contributed by atoms with E-state index in [9.17, 15) is 0 Å². The Balaban J connectivity index is 1.53. The molecule has 140 valence electrons. The van der Waals surface area contributed by atoms with Crippen LogP contribution in [0.2, 0.25) is 0 Å². The van der Waals surface area contributed by atoms with Crippen LogP contribution in [0.1, 0.15) is 22.6 Å². The Kier molecular flexibility index (Phi) is 3.17. The number of rotatable bonds is 1. The first-order valence-corrected chi connectivity index (χ1v) is 10.6. The Morgan fingerprint density at radius 1 is 0.767 bits per heavy atom. The van der Waals surface area contributed by atoms with Gasteiger partial charge in [0.2, 0.25) is 0 Å². The van der Waals surface area contributed by atoms with Crippen molar-refractivity contribution in [3.05, 3.63) is 119 Å². The van der Waals surface area contributed by atoms with Crippen molar-refractivity contribution in [3.8, 4) is 11.3 Å². The van der Waals surface area contributed by atoms with Crippen LogP contribution in [0.25, 0.3) is 38.9 Å². The van der Waals surface area contributed by atoms with E-state index in [1.54, 1.807) is 0 Å². The molecule has 1 aromatic heterocycles. The second kappa shape index (κ2) is 5.90. The number of allylic oxidation sites excluding steroid dienone is 7. The third-order valence-electron chi connectivity index (χ3n) is 6.85. The van der Waals surface area contributed by atoms with Crippen LogP contribution in [0.4, 0.5) is 0 Å². The van der Waals surface area contributed by atoms with E-state index in [1.165, 1.54) is 54.9 Å². The summed E-state index contributed by atoms with van der Waals surface area (Å²) in [5.74, 6) is 0.370. The van der Waals surface area contributed by atoms with Crippen LogP contribution in [-0.2, 0) is 6.42 Å². The van der Waals surface area contributed by atoms with Crippen LogP contribution in [0, 0.1) is 0 Å². The van der Waals surface area contributed by atoms with Gasteiger partial charge < -0.3 is 0 Å². The number of hydrogen-bond acceptors (Lipinski definition) is 1. The highest BCUT2D eigenvalue weighted by Crippen LogP contribution is 2.48. The van der Waals surface area contributed by atoms with Gasteiger partial charge in [0.25, 0.3) is 0 Å². The Labute approximate surface area is 175 Å². The van der Waals surface area contributed by atoms with Crippen LogP contribution < -0.4 is 0 Å². The van der Waals surface area contributed by atoms with Gasteiger partial charge in [-0.15, -0.1) is 0 Å². The van der Waals surface area contributed by atoms with Gasteiger partial charge in [-0.25, -0.2) is 0 Å².